The predicted molar refractivity (Wildman–Crippen MR) is 44.8 cm³/mol. The van der Waals surface area contributed by atoms with Crippen molar-refractivity contribution >= 4 is 0 Å². The topological polar surface area (TPSA) is 9.23 Å². The Kier molecular flexibility index (Phi) is 2.32. The molecule has 15 heavy (non-hydrogen) atoms. The standard InChI is InChI=1S/C10H8F4O/c1-15-10-5(4-2-3-4)6(11)7(12)8(13)9(10)14/h4H,2-3H2,1H3. The van der Waals surface area contributed by atoms with Gasteiger partial charge in [0.1, 0.15) is 0 Å². The summed E-state index contributed by atoms with van der Waals surface area (Å²) >= 11 is 0. The smallest absolute Gasteiger partial charge is 0.204 e. The number of benzene rings is 1. The lowest BCUT2D eigenvalue weighted by molar-refractivity contribution is 0.339. The van der Waals surface area contributed by atoms with Gasteiger partial charge in [0.15, 0.2) is 17.4 Å². The van der Waals surface area contributed by atoms with Crippen LogP contribution in [-0.4, -0.2) is 7.11 Å². The number of hydrogen-bond donors (Lipinski definition) is 0. The van der Waals surface area contributed by atoms with Gasteiger partial charge in [0.2, 0.25) is 11.6 Å². The van der Waals surface area contributed by atoms with Gasteiger partial charge in [-0.3, -0.25) is 0 Å². The van der Waals surface area contributed by atoms with Crippen LogP contribution in [0.15, 0.2) is 0 Å². The molecule has 0 atom stereocenters. The first-order valence-electron chi connectivity index (χ1n) is 4.47. The zero-order chi connectivity index (χ0) is 11.2. The first-order chi connectivity index (χ1) is 7.07. The lowest BCUT2D eigenvalue weighted by Gasteiger charge is -2.11. The van der Waals surface area contributed by atoms with Crippen LogP contribution in [0.25, 0.3) is 0 Å². The molecule has 0 aliphatic heterocycles. The molecule has 0 bridgehead atoms. The van der Waals surface area contributed by atoms with E-state index in [1.807, 2.05) is 0 Å². The van der Waals surface area contributed by atoms with Crippen LogP contribution in [0.4, 0.5) is 17.6 Å². The maximum absolute atomic E-state index is 13.3. The number of halogens is 4. The summed E-state index contributed by atoms with van der Waals surface area (Å²) in [5, 5.41) is 0. The highest BCUT2D eigenvalue weighted by atomic mass is 19.2. The molecule has 0 N–H and O–H groups in total. The summed E-state index contributed by atoms with van der Waals surface area (Å²) in [7, 11) is 1.10. The van der Waals surface area contributed by atoms with Crippen molar-refractivity contribution in [1.29, 1.82) is 0 Å². The van der Waals surface area contributed by atoms with E-state index in [1.54, 1.807) is 0 Å². The molecule has 1 aliphatic rings. The highest BCUT2D eigenvalue weighted by Crippen LogP contribution is 2.47. The molecule has 1 fully saturated rings. The second-order valence-electron chi connectivity index (χ2n) is 3.48. The van der Waals surface area contributed by atoms with Crippen LogP contribution in [-0.2, 0) is 0 Å². The fourth-order valence-electron chi connectivity index (χ4n) is 1.56. The molecule has 2 rings (SSSR count). The Bertz CT molecular complexity index is 413. The van der Waals surface area contributed by atoms with Crippen molar-refractivity contribution in [3.8, 4) is 5.75 Å². The maximum Gasteiger partial charge on any atom is 0.204 e. The van der Waals surface area contributed by atoms with Gasteiger partial charge in [-0.15, -0.1) is 0 Å². The third-order valence-electron chi connectivity index (χ3n) is 2.45. The summed E-state index contributed by atoms with van der Waals surface area (Å²) in [6, 6.07) is 0. The van der Waals surface area contributed by atoms with Crippen LogP contribution in [0.1, 0.15) is 24.3 Å². The third-order valence-corrected chi connectivity index (χ3v) is 2.45. The largest absolute Gasteiger partial charge is 0.493 e. The molecule has 1 aromatic rings. The summed E-state index contributed by atoms with van der Waals surface area (Å²) in [4.78, 5) is 0. The van der Waals surface area contributed by atoms with Gasteiger partial charge in [-0.2, -0.15) is 4.39 Å². The van der Waals surface area contributed by atoms with Crippen molar-refractivity contribution in [2.75, 3.05) is 7.11 Å². The average Bonchev–Trinajstić information content (AvgIpc) is 3.03. The third kappa shape index (κ3) is 1.46. The van der Waals surface area contributed by atoms with E-state index in [0.29, 0.717) is 12.8 Å². The zero-order valence-electron chi connectivity index (χ0n) is 7.91. The number of rotatable bonds is 2. The fourth-order valence-corrected chi connectivity index (χ4v) is 1.56. The molecule has 0 heterocycles. The second-order valence-corrected chi connectivity index (χ2v) is 3.48. The van der Waals surface area contributed by atoms with Gasteiger partial charge in [0, 0.05) is 5.56 Å². The van der Waals surface area contributed by atoms with Gasteiger partial charge in [-0.05, 0) is 18.8 Å². The molecular formula is C10H8F4O. The minimum atomic E-state index is -1.83. The van der Waals surface area contributed by atoms with Crippen LogP contribution in [0.3, 0.4) is 0 Å². The van der Waals surface area contributed by atoms with Gasteiger partial charge in [0.05, 0.1) is 7.11 Å². The lowest BCUT2D eigenvalue weighted by Crippen LogP contribution is -2.05. The van der Waals surface area contributed by atoms with Crippen molar-refractivity contribution in [2.24, 2.45) is 0 Å². The molecule has 1 aromatic carbocycles. The molecular weight excluding hydrogens is 212 g/mol. The Morgan fingerprint density at radius 3 is 1.93 bits per heavy atom. The summed E-state index contributed by atoms with van der Waals surface area (Å²) < 4.78 is 56.8. The Morgan fingerprint density at radius 2 is 1.47 bits per heavy atom. The minimum absolute atomic E-state index is 0.186. The van der Waals surface area contributed by atoms with E-state index in [1.165, 1.54) is 0 Å². The highest BCUT2D eigenvalue weighted by molar-refractivity contribution is 5.42. The Hall–Kier alpha value is -1.26. The monoisotopic (exact) mass is 220 g/mol. The number of hydrogen-bond acceptors (Lipinski definition) is 1. The molecule has 1 aliphatic carbocycles. The first-order valence-corrected chi connectivity index (χ1v) is 4.47. The number of ether oxygens (including phenoxy) is 1. The van der Waals surface area contributed by atoms with Gasteiger partial charge >= 0.3 is 0 Å². The zero-order valence-corrected chi connectivity index (χ0v) is 7.91. The Balaban J connectivity index is 2.70. The van der Waals surface area contributed by atoms with Crippen LogP contribution >= 0.6 is 0 Å². The van der Waals surface area contributed by atoms with Crippen LogP contribution in [0.2, 0.25) is 0 Å². The maximum atomic E-state index is 13.3. The molecule has 5 heteroatoms. The molecule has 0 spiro atoms. The van der Waals surface area contributed by atoms with E-state index in [9.17, 15) is 17.6 Å². The van der Waals surface area contributed by atoms with Crippen molar-refractivity contribution in [1.82, 2.24) is 0 Å². The number of methoxy groups -OCH3 is 1. The Morgan fingerprint density at radius 1 is 0.933 bits per heavy atom. The van der Waals surface area contributed by atoms with Crippen LogP contribution in [0, 0.1) is 23.3 Å². The SMILES string of the molecule is COc1c(F)c(F)c(F)c(F)c1C1CC1. The Labute approximate surface area is 83.7 Å². The van der Waals surface area contributed by atoms with Crippen molar-refractivity contribution in [2.45, 2.75) is 18.8 Å². The van der Waals surface area contributed by atoms with E-state index in [0.717, 1.165) is 7.11 Å². The predicted octanol–water partition coefficient (Wildman–Crippen LogP) is 3.13. The van der Waals surface area contributed by atoms with Gasteiger partial charge < -0.3 is 4.74 Å². The van der Waals surface area contributed by atoms with Crippen LogP contribution in [0.5, 0.6) is 5.75 Å². The molecule has 0 radical (unpaired) electrons. The van der Waals surface area contributed by atoms with Gasteiger partial charge in [-0.1, -0.05) is 0 Å². The van der Waals surface area contributed by atoms with E-state index >= 15 is 0 Å². The molecule has 82 valence electrons. The van der Waals surface area contributed by atoms with Crippen molar-refractivity contribution in [3.05, 3.63) is 28.8 Å². The minimum Gasteiger partial charge on any atom is -0.493 e. The summed E-state index contributed by atoms with van der Waals surface area (Å²) in [6.45, 7) is 0. The molecule has 0 aromatic heterocycles. The first kappa shape index (κ1) is 10.3. The molecule has 0 saturated heterocycles. The van der Waals surface area contributed by atoms with E-state index in [2.05, 4.69) is 4.74 Å². The molecule has 1 nitrogen and oxygen atoms in total. The van der Waals surface area contributed by atoms with Crippen molar-refractivity contribution in [3.63, 3.8) is 0 Å². The molecule has 0 amide bonds. The normalized spacial score (nSPS) is 15.5. The van der Waals surface area contributed by atoms with Crippen LogP contribution < -0.4 is 4.74 Å². The van der Waals surface area contributed by atoms with E-state index in [-0.39, 0.29) is 11.5 Å². The van der Waals surface area contributed by atoms with Crippen molar-refractivity contribution < 1.29 is 22.3 Å². The highest BCUT2D eigenvalue weighted by Gasteiger charge is 2.35. The second kappa shape index (κ2) is 3.40. The van der Waals surface area contributed by atoms with Gasteiger partial charge in [0.25, 0.3) is 0 Å². The lowest BCUT2D eigenvalue weighted by atomic mass is 10.1. The summed E-state index contributed by atoms with van der Waals surface area (Å²) in [5.41, 5.74) is -0.186. The quantitative estimate of drug-likeness (QED) is 0.422. The average molecular weight is 220 g/mol. The summed E-state index contributed by atoms with van der Waals surface area (Å²) in [6.07, 6.45) is 1.27. The molecule has 1 saturated carbocycles. The summed E-state index contributed by atoms with van der Waals surface area (Å²) in [5.74, 6) is -7.17. The van der Waals surface area contributed by atoms with E-state index < -0.39 is 29.0 Å². The van der Waals surface area contributed by atoms with E-state index in [4.69, 9.17) is 0 Å². The molecule has 0 unspecified atom stereocenters. The van der Waals surface area contributed by atoms with Gasteiger partial charge in [-0.25, -0.2) is 13.2 Å². The fraction of sp³-hybridized carbons (Fsp3) is 0.400.